The lowest BCUT2D eigenvalue weighted by atomic mass is 10.1. The minimum atomic E-state index is -0.254. The van der Waals surface area contributed by atoms with Gasteiger partial charge in [-0.2, -0.15) is 4.98 Å². The summed E-state index contributed by atoms with van der Waals surface area (Å²) in [6, 6.07) is 14.6. The molecule has 1 aliphatic rings. The number of nitrogens with zero attached hydrogens (tertiary/aromatic N) is 3. The number of nitrogens with one attached hydrogen (secondary N) is 2. The van der Waals surface area contributed by atoms with Gasteiger partial charge in [0.1, 0.15) is 0 Å². The predicted octanol–water partition coefficient (Wildman–Crippen LogP) is 3.56. The Balaban J connectivity index is 1.47. The van der Waals surface area contributed by atoms with E-state index in [0.29, 0.717) is 39.9 Å². The molecule has 1 amide bonds. The number of pyridine rings is 1. The maximum atomic E-state index is 13.1. The number of benzene rings is 2. The summed E-state index contributed by atoms with van der Waals surface area (Å²) >= 11 is 0. The van der Waals surface area contributed by atoms with E-state index in [1.165, 1.54) is 0 Å². The molecule has 4 aromatic rings. The fourth-order valence-corrected chi connectivity index (χ4v) is 4.18. The number of oxazole rings is 1. The van der Waals surface area contributed by atoms with E-state index < -0.39 is 0 Å². The number of methoxy groups -OCH3 is 2. The monoisotopic (exact) mass is 473 g/mol. The highest BCUT2D eigenvalue weighted by Gasteiger charge is 2.16. The van der Waals surface area contributed by atoms with Crippen LogP contribution in [0.2, 0.25) is 0 Å². The zero-order valence-corrected chi connectivity index (χ0v) is 19.7. The number of carbonyl (C=O) groups is 1. The molecule has 3 heterocycles. The summed E-state index contributed by atoms with van der Waals surface area (Å²) in [4.78, 5) is 24.3. The lowest BCUT2D eigenvalue weighted by Gasteiger charge is -2.27. The second-order valence-corrected chi connectivity index (χ2v) is 8.31. The lowest BCUT2D eigenvalue weighted by molar-refractivity contribution is 0.102. The van der Waals surface area contributed by atoms with Crippen molar-refractivity contribution in [3.05, 3.63) is 65.9 Å². The van der Waals surface area contributed by atoms with Gasteiger partial charge in [-0.1, -0.05) is 0 Å². The van der Waals surface area contributed by atoms with Crippen LogP contribution in [0.15, 0.2) is 59.1 Å². The second kappa shape index (κ2) is 10.1. The Hall–Kier alpha value is -3.95. The Bertz CT molecular complexity index is 1310. The van der Waals surface area contributed by atoms with Crippen molar-refractivity contribution in [3.8, 4) is 23.0 Å². The highest BCUT2D eigenvalue weighted by molar-refractivity contribution is 6.05. The molecule has 35 heavy (non-hydrogen) atoms. The van der Waals surface area contributed by atoms with Gasteiger partial charge in [0.2, 0.25) is 5.89 Å². The number of ether oxygens (including phenoxy) is 2. The summed E-state index contributed by atoms with van der Waals surface area (Å²) in [5, 5.41) is 6.39. The Kier molecular flexibility index (Phi) is 6.60. The molecular weight excluding hydrogens is 446 g/mol. The Morgan fingerprint density at radius 1 is 1.09 bits per heavy atom. The molecule has 0 aliphatic carbocycles. The molecule has 180 valence electrons. The third kappa shape index (κ3) is 5.11. The number of rotatable bonds is 7. The number of amides is 1. The van der Waals surface area contributed by atoms with Gasteiger partial charge in [0.05, 0.1) is 14.2 Å². The molecule has 0 atom stereocenters. The SMILES string of the molecule is COc1ccc(C(=O)Nc2cc(CN3CCNCC3)cc(-c3nc4ncccc4o3)c2)cc1OC. The van der Waals surface area contributed by atoms with Crippen LogP contribution >= 0.6 is 0 Å². The van der Waals surface area contributed by atoms with Crippen molar-refractivity contribution >= 4 is 22.8 Å². The number of carbonyl (C=O) groups excluding carboxylic acids is 1. The fraction of sp³-hybridized carbons (Fsp3) is 0.269. The van der Waals surface area contributed by atoms with Crippen molar-refractivity contribution in [2.24, 2.45) is 0 Å². The Labute approximate surface area is 203 Å². The Morgan fingerprint density at radius 2 is 1.91 bits per heavy atom. The van der Waals surface area contributed by atoms with Crippen LogP contribution in [0.1, 0.15) is 15.9 Å². The van der Waals surface area contributed by atoms with Crippen LogP contribution in [-0.2, 0) is 6.54 Å². The normalized spacial score (nSPS) is 14.1. The average Bonchev–Trinajstić information content (AvgIpc) is 3.33. The number of hydrogen-bond donors (Lipinski definition) is 2. The molecule has 2 aromatic carbocycles. The van der Waals surface area contributed by atoms with Crippen LogP contribution in [0.4, 0.5) is 5.69 Å². The van der Waals surface area contributed by atoms with E-state index in [0.717, 1.165) is 43.9 Å². The molecule has 0 unspecified atom stereocenters. The number of piperazine rings is 1. The summed E-state index contributed by atoms with van der Waals surface area (Å²) in [5.74, 6) is 1.26. The summed E-state index contributed by atoms with van der Waals surface area (Å²) < 4.78 is 16.6. The first-order valence-electron chi connectivity index (χ1n) is 11.5. The van der Waals surface area contributed by atoms with Crippen molar-refractivity contribution in [3.63, 3.8) is 0 Å². The number of aromatic nitrogens is 2. The maximum absolute atomic E-state index is 13.1. The van der Waals surface area contributed by atoms with Gasteiger partial charge in [0, 0.05) is 55.7 Å². The molecule has 5 rings (SSSR count). The van der Waals surface area contributed by atoms with Crippen LogP contribution in [0.5, 0.6) is 11.5 Å². The molecule has 1 aliphatic heterocycles. The molecule has 0 saturated carbocycles. The third-order valence-electron chi connectivity index (χ3n) is 5.92. The van der Waals surface area contributed by atoms with Crippen molar-refractivity contribution in [2.75, 3.05) is 45.7 Å². The van der Waals surface area contributed by atoms with E-state index in [1.807, 2.05) is 24.3 Å². The zero-order chi connectivity index (χ0) is 24.2. The van der Waals surface area contributed by atoms with Gasteiger partial charge in [0.25, 0.3) is 5.91 Å². The molecule has 1 fully saturated rings. The minimum Gasteiger partial charge on any atom is -0.493 e. The molecule has 2 N–H and O–H groups in total. The van der Waals surface area contributed by atoms with E-state index in [-0.39, 0.29) is 5.91 Å². The van der Waals surface area contributed by atoms with Crippen LogP contribution in [0, 0.1) is 0 Å². The van der Waals surface area contributed by atoms with Gasteiger partial charge in [-0.3, -0.25) is 9.69 Å². The van der Waals surface area contributed by atoms with Gasteiger partial charge >= 0.3 is 0 Å². The van der Waals surface area contributed by atoms with Crippen LogP contribution in [0.3, 0.4) is 0 Å². The van der Waals surface area contributed by atoms with E-state index in [4.69, 9.17) is 13.9 Å². The van der Waals surface area contributed by atoms with Crippen LogP contribution in [0.25, 0.3) is 22.7 Å². The Morgan fingerprint density at radius 3 is 2.69 bits per heavy atom. The molecule has 1 saturated heterocycles. The van der Waals surface area contributed by atoms with Crippen LogP contribution in [-0.4, -0.2) is 61.2 Å². The third-order valence-corrected chi connectivity index (χ3v) is 5.92. The average molecular weight is 474 g/mol. The van der Waals surface area contributed by atoms with Gasteiger partial charge in [-0.05, 0) is 54.1 Å². The first kappa shape index (κ1) is 22.8. The number of anilines is 1. The van der Waals surface area contributed by atoms with Crippen molar-refractivity contribution in [2.45, 2.75) is 6.54 Å². The predicted molar refractivity (Wildman–Crippen MR) is 133 cm³/mol. The van der Waals surface area contributed by atoms with E-state index in [1.54, 1.807) is 38.6 Å². The van der Waals surface area contributed by atoms with Gasteiger partial charge in [-0.25, -0.2) is 4.98 Å². The summed E-state index contributed by atoms with van der Waals surface area (Å²) in [6.07, 6.45) is 1.68. The van der Waals surface area contributed by atoms with Gasteiger partial charge in [0.15, 0.2) is 22.7 Å². The second-order valence-electron chi connectivity index (χ2n) is 8.31. The first-order valence-corrected chi connectivity index (χ1v) is 11.5. The van der Waals surface area contributed by atoms with Crippen molar-refractivity contribution < 1.29 is 18.7 Å². The minimum absolute atomic E-state index is 0.254. The van der Waals surface area contributed by atoms with Crippen molar-refractivity contribution in [1.82, 2.24) is 20.2 Å². The number of hydrogen-bond acceptors (Lipinski definition) is 8. The maximum Gasteiger partial charge on any atom is 0.255 e. The largest absolute Gasteiger partial charge is 0.493 e. The van der Waals surface area contributed by atoms with Gasteiger partial charge in [-0.15, -0.1) is 0 Å². The highest BCUT2D eigenvalue weighted by Crippen LogP contribution is 2.30. The van der Waals surface area contributed by atoms with Gasteiger partial charge < -0.3 is 24.5 Å². The zero-order valence-electron chi connectivity index (χ0n) is 19.7. The van der Waals surface area contributed by atoms with Crippen LogP contribution < -0.4 is 20.1 Å². The summed E-state index contributed by atoms with van der Waals surface area (Å²) in [5.41, 5.74) is 4.11. The van der Waals surface area contributed by atoms with E-state index in [2.05, 4.69) is 31.6 Å². The number of fused-ring (bicyclic) bond motifs is 1. The molecule has 9 nitrogen and oxygen atoms in total. The molecule has 9 heteroatoms. The topological polar surface area (TPSA) is 102 Å². The fourth-order valence-electron chi connectivity index (χ4n) is 4.18. The molecule has 0 radical (unpaired) electrons. The van der Waals surface area contributed by atoms with E-state index in [9.17, 15) is 4.79 Å². The smallest absolute Gasteiger partial charge is 0.255 e. The standard InChI is InChI=1S/C26H27N5O4/c1-33-21-6-5-18(15-23(21)34-2)25(32)29-20-13-17(16-31-10-8-27-9-11-31)12-19(14-20)26-30-24-22(35-26)4-3-7-28-24/h3-7,12-15,27H,8-11,16H2,1-2H3,(H,29,32). The quantitative estimate of drug-likeness (QED) is 0.420. The van der Waals surface area contributed by atoms with Crippen molar-refractivity contribution in [1.29, 1.82) is 0 Å². The molecular formula is C26H27N5O4. The molecule has 0 spiro atoms. The first-order chi connectivity index (χ1) is 17.1. The molecule has 0 bridgehead atoms. The van der Waals surface area contributed by atoms with E-state index >= 15 is 0 Å². The summed E-state index contributed by atoms with van der Waals surface area (Å²) in [7, 11) is 3.10. The lowest BCUT2D eigenvalue weighted by Crippen LogP contribution is -2.42. The molecule has 2 aromatic heterocycles. The highest BCUT2D eigenvalue weighted by atomic mass is 16.5. The summed E-state index contributed by atoms with van der Waals surface area (Å²) in [6.45, 7) is 4.60.